The second-order valence-corrected chi connectivity index (χ2v) is 3.48. The molecule has 0 saturated heterocycles. The van der Waals surface area contributed by atoms with Crippen LogP contribution in [-0.2, 0) is 0 Å². The zero-order valence-corrected chi connectivity index (χ0v) is 6.62. The average molecular weight is 166 g/mol. The highest BCUT2D eigenvalue weighted by Gasteiger charge is 2.37. The lowest BCUT2D eigenvalue weighted by Gasteiger charge is -2.28. The third-order valence-corrected chi connectivity index (χ3v) is 2.47. The van der Waals surface area contributed by atoms with E-state index in [0.29, 0.717) is 12.3 Å². The molecule has 11 heavy (non-hydrogen) atoms. The van der Waals surface area contributed by atoms with Crippen LogP contribution in [0.4, 0.5) is 13.2 Å². The van der Waals surface area contributed by atoms with E-state index in [1.54, 1.807) is 0 Å². The molecule has 0 amide bonds. The summed E-state index contributed by atoms with van der Waals surface area (Å²) >= 11 is 0. The first-order chi connectivity index (χ1) is 5.00. The topological polar surface area (TPSA) is 0 Å². The summed E-state index contributed by atoms with van der Waals surface area (Å²) in [6.45, 7) is 1.28. The van der Waals surface area contributed by atoms with Crippen LogP contribution in [-0.4, -0.2) is 6.18 Å². The second-order valence-electron chi connectivity index (χ2n) is 3.48. The molecule has 0 spiro atoms. The first-order valence-electron chi connectivity index (χ1n) is 4.07. The molecule has 1 aliphatic carbocycles. The van der Waals surface area contributed by atoms with Crippen LogP contribution in [0.15, 0.2) is 0 Å². The Bertz CT molecular complexity index is 124. The normalized spacial score (nSPS) is 22.9. The molecule has 0 aromatic carbocycles. The van der Waals surface area contributed by atoms with Crippen LogP contribution >= 0.6 is 0 Å². The first-order valence-corrected chi connectivity index (χ1v) is 4.07. The zero-order chi connectivity index (χ0) is 8.48. The smallest absolute Gasteiger partial charge is 0.171 e. The van der Waals surface area contributed by atoms with E-state index in [2.05, 4.69) is 0 Å². The molecule has 1 unspecified atom stereocenters. The number of alkyl halides is 3. The van der Waals surface area contributed by atoms with E-state index < -0.39 is 12.1 Å². The van der Waals surface area contributed by atoms with E-state index in [0.717, 1.165) is 19.3 Å². The van der Waals surface area contributed by atoms with Gasteiger partial charge in [0.2, 0.25) is 0 Å². The summed E-state index contributed by atoms with van der Waals surface area (Å²) in [6.07, 6.45) is -0.519. The van der Waals surface area contributed by atoms with E-state index in [9.17, 15) is 13.2 Å². The highest BCUT2D eigenvalue weighted by atomic mass is 19.4. The van der Waals surface area contributed by atoms with Gasteiger partial charge in [0.05, 0.1) is 5.92 Å². The summed E-state index contributed by atoms with van der Waals surface area (Å²) in [5.74, 6) is -0.751. The summed E-state index contributed by atoms with van der Waals surface area (Å²) in [6, 6.07) is 0. The molecule has 0 aliphatic heterocycles. The summed E-state index contributed by atoms with van der Waals surface area (Å²) in [7, 11) is 0. The lowest BCUT2D eigenvalue weighted by Crippen LogP contribution is -2.25. The van der Waals surface area contributed by atoms with Crippen molar-refractivity contribution in [2.75, 3.05) is 0 Å². The molecule has 0 radical (unpaired) electrons. The van der Waals surface area contributed by atoms with E-state index >= 15 is 0 Å². The van der Waals surface area contributed by atoms with Crippen molar-refractivity contribution in [3.8, 4) is 0 Å². The Morgan fingerprint density at radius 2 is 1.91 bits per heavy atom. The van der Waals surface area contributed by atoms with E-state index in [1.165, 1.54) is 6.92 Å². The minimum atomic E-state index is -3.98. The molecular weight excluding hydrogens is 153 g/mol. The van der Waals surface area contributed by atoms with Gasteiger partial charge in [0, 0.05) is 0 Å². The van der Waals surface area contributed by atoms with Crippen LogP contribution in [0.25, 0.3) is 0 Å². The van der Waals surface area contributed by atoms with Crippen LogP contribution in [0.2, 0.25) is 0 Å². The van der Waals surface area contributed by atoms with Crippen molar-refractivity contribution < 1.29 is 13.2 Å². The van der Waals surface area contributed by atoms with Crippen molar-refractivity contribution >= 4 is 0 Å². The minimum absolute atomic E-state index is 0.337. The fraction of sp³-hybridized carbons (Fsp3) is 1.00. The van der Waals surface area contributed by atoms with Crippen LogP contribution in [0.3, 0.4) is 0 Å². The molecule has 1 fully saturated rings. The Morgan fingerprint density at radius 3 is 2.18 bits per heavy atom. The quantitative estimate of drug-likeness (QED) is 0.590. The Hall–Kier alpha value is -0.210. The summed E-state index contributed by atoms with van der Waals surface area (Å²) in [5.41, 5.74) is 0. The lowest BCUT2D eigenvalue weighted by molar-refractivity contribution is -0.175. The first kappa shape index (κ1) is 8.88. The van der Waals surface area contributed by atoms with Crippen LogP contribution < -0.4 is 0 Å². The number of halogens is 3. The SMILES string of the molecule is CC(CC1CCC1)C(F)(F)F. The summed E-state index contributed by atoms with van der Waals surface area (Å²) in [4.78, 5) is 0. The molecule has 3 heteroatoms. The molecule has 1 rings (SSSR count). The number of hydrogen-bond donors (Lipinski definition) is 0. The predicted molar refractivity (Wildman–Crippen MR) is 37.2 cm³/mol. The minimum Gasteiger partial charge on any atom is -0.171 e. The van der Waals surface area contributed by atoms with Crippen molar-refractivity contribution in [3.63, 3.8) is 0 Å². The highest BCUT2D eigenvalue weighted by molar-refractivity contribution is 4.74. The van der Waals surface area contributed by atoms with Gasteiger partial charge in [-0.1, -0.05) is 26.2 Å². The van der Waals surface area contributed by atoms with Crippen molar-refractivity contribution in [1.82, 2.24) is 0 Å². The Kier molecular flexibility index (Phi) is 2.45. The molecule has 0 bridgehead atoms. The van der Waals surface area contributed by atoms with Crippen molar-refractivity contribution in [2.24, 2.45) is 11.8 Å². The maximum atomic E-state index is 12.0. The molecule has 66 valence electrons. The molecule has 0 aromatic rings. The van der Waals surface area contributed by atoms with Crippen molar-refractivity contribution in [1.29, 1.82) is 0 Å². The monoisotopic (exact) mass is 166 g/mol. The van der Waals surface area contributed by atoms with Crippen LogP contribution in [0.5, 0.6) is 0 Å². The second kappa shape index (κ2) is 3.03. The van der Waals surface area contributed by atoms with Gasteiger partial charge in [-0.05, 0) is 12.3 Å². The Balaban J connectivity index is 2.24. The van der Waals surface area contributed by atoms with Gasteiger partial charge in [-0.15, -0.1) is 0 Å². The largest absolute Gasteiger partial charge is 0.391 e. The van der Waals surface area contributed by atoms with Crippen molar-refractivity contribution in [3.05, 3.63) is 0 Å². The zero-order valence-electron chi connectivity index (χ0n) is 6.62. The summed E-state index contributed by atoms with van der Waals surface area (Å²) < 4.78 is 35.9. The van der Waals surface area contributed by atoms with Gasteiger partial charge in [-0.2, -0.15) is 13.2 Å². The van der Waals surface area contributed by atoms with Gasteiger partial charge in [0.1, 0.15) is 0 Å². The molecular formula is C8H13F3. The van der Waals surface area contributed by atoms with Crippen LogP contribution in [0, 0.1) is 11.8 Å². The number of hydrogen-bond acceptors (Lipinski definition) is 0. The maximum Gasteiger partial charge on any atom is 0.391 e. The molecule has 0 N–H and O–H groups in total. The molecule has 1 saturated carbocycles. The standard InChI is InChI=1S/C8H13F3/c1-6(8(9,10)11)5-7-3-2-4-7/h6-7H,2-5H2,1H3. The summed E-state index contributed by atoms with van der Waals surface area (Å²) in [5, 5.41) is 0. The molecule has 0 nitrogen and oxygen atoms in total. The van der Waals surface area contributed by atoms with Gasteiger partial charge in [-0.3, -0.25) is 0 Å². The van der Waals surface area contributed by atoms with Gasteiger partial charge < -0.3 is 0 Å². The third-order valence-electron chi connectivity index (χ3n) is 2.47. The Morgan fingerprint density at radius 1 is 1.36 bits per heavy atom. The van der Waals surface area contributed by atoms with Gasteiger partial charge in [0.25, 0.3) is 0 Å². The fourth-order valence-corrected chi connectivity index (χ4v) is 1.36. The lowest BCUT2D eigenvalue weighted by atomic mass is 9.79. The number of rotatable bonds is 2. The molecule has 0 aromatic heterocycles. The molecule has 1 atom stereocenters. The molecule has 1 aliphatic rings. The highest BCUT2D eigenvalue weighted by Crippen LogP contribution is 2.37. The molecule has 0 heterocycles. The Labute approximate surface area is 64.8 Å². The van der Waals surface area contributed by atoms with Gasteiger partial charge >= 0.3 is 6.18 Å². The van der Waals surface area contributed by atoms with E-state index in [1.807, 2.05) is 0 Å². The maximum absolute atomic E-state index is 12.0. The van der Waals surface area contributed by atoms with Crippen molar-refractivity contribution in [2.45, 2.75) is 38.8 Å². The van der Waals surface area contributed by atoms with E-state index in [-0.39, 0.29) is 0 Å². The van der Waals surface area contributed by atoms with E-state index in [4.69, 9.17) is 0 Å². The van der Waals surface area contributed by atoms with Gasteiger partial charge in [-0.25, -0.2) is 0 Å². The van der Waals surface area contributed by atoms with Gasteiger partial charge in [0.15, 0.2) is 0 Å². The predicted octanol–water partition coefficient (Wildman–Crippen LogP) is 3.38. The fourth-order valence-electron chi connectivity index (χ4n) is 1.36. The average Bonchev–Trinajstić information content (AvgIpc) is 1.75. The van der Waals surface area contributed by atoms with Crippen LogP contribution in [0.1, 0.15) is 32.6 Å². The third kappa shape index (κ3) is 2.38.